The van der Waals surface area contributed by atoms with E-state index in [4.69, 9.17) is 21.9 Å². The number of hydrogen-bond donors (Lipinski definition) is 1. The summed E-state index contributed by atoms with van der Waals surface area (Å²) >= 11 is 6.02. The van der Waals surface area contributed by atoms with Gasteiger partial charge >= 0.3 is 0 Å². The normalized spacial score (nSPS) is 26.0. The van der Waals surface area contributed by atoms with Gasteiger partial charge in [0.1, 0.15) is 5.82 Å². The number of hydrogen-bond acceptors (Lipinski definition) is 4. The molecule has 1 aliphatic carbocycles. The van der Waals surface area contributed by atoms with Crippen LogP contribution in [0.1, 0.15) is 38.5 Å². The Kier molecular flexibility index (Phi) is 3.71. The molecule has 1 aromatic heterocycles. The van der Waals surface area contributed by atoms with E-state index in [1.165, 1.54) is 12.1 Å². The first kappa shape index (κ1) is 14.5. The predicted octanol–water partition coefficient (Wildman–Crippen LogP) is 3.89. The number of aromatic nitrogens is 2. The van der Waals surface area contributed by atoms with Crippen LogP contribution in [0.3, 0.4) is 0 Å². The summed E-state index contributed by atoms with van der Waals surface area (Å²) in [6.07, 6.45) is 3.75. The molecule has 1 heterocycles. The van der Waals surface area contributed by atoms with E-state index in [1.807, 2.05) is 0 Å². The van der Waals surface area contributed by atoms with Gasteiger partial charge in [-0.05, 0) is 49.8 Å². The highest BCUT2D eigenvalue weighted by molar-refractivity contribution is 6.33. The largest absolute Gasteiger partial charge is 0.337 e. The van der Waals surface area contributed by atoms with Crippen LogP contribution >= 0.6 is 11.6 Å². The lowest BCUT2D eigenvalue weighted by molar-refractivity contribution is 0.190. The van der Waals surface area contributed by atoms with Gasteiger partial charge in [0.15, 0.2) is 0 Å². The Bertz CT molecular complexity index is 650. The van der Waals surface area contributed by atoms with Crippen molar-refractivity contribution in [2.75, 3.05) is 0 Å². The van der Waals surface area contributed by atoms with E-state index in [0.717, 1.165) is 25.7 Å². The molecule has 4 nitrogen and oxygen atoms in total. The van der Waals surface area contributed by atoms with Crippen LogP contribution in [-0.2, 0) is 5.54 Å². The van der Waals surface area contributed by atoms with Gasteiger partial charge < -0.3 is 10.3 Å². The number of nitrogens with zero attached hydrogens (tertiary/aromatic N) is 2. The summed E-state index contributed by atoms with van der Waals surface area (Å²) in [7, 11) is 0. The van der Waals surface area contributed by atoms with Crippen LogP contribution < -0.4 is 5.73 Å². The molecular weight excluding hydrogens is 293 g/mol. The van der Waals surface area contributed by atoms with E-state index in [9.17, 15) is 4.39 Å². The maximum absolute atomic E-state index is 13.1. The molecule has 2 aromatic rings. The van der Waals surface area contributed by atoms with Gasteiger partial charge in [-0.15, -0.1) is 0 Å². The topological polar surface area (TPSA) is 64.9 Å². The molecule has 6 heteroatoms. The molecule has 0 atom stereocenters. The maximum atomic E-state index is 13.1. The van der Waals surface area contributed by atoms with Crippen molar-refractivity contribution >= 4 is 11.6 Å². The molecular formula is C15H17ClFN3O. The second-order valence-electron chi connectivity index (χ2n) is 5.89. The Morgan fingerprint density at radius 2 is 2.10 bits per heavy atom. The van der Waals surface area contributed by atoms with E-state index < -0.39 is 11.4 Å². The monoisotopic (exact) mass is 309 g/mol. The molecule has 1 aromatic carbocycles. The minimum atomic E-state index is -0.565. The predicted molar refractivity (Wildman–Crippen MR) is 78.2 cm³/mol. The molecule has 1 aliphatic rings. The van der Waals surface area contributed by atoms with E-state index in [-0.39, 0.29) is 5.02 Å². The fourth-order valence-electron chi connectivity index (χ4n) is 2.70. The van der Waals surface area contributed by atoms with Gasteiger partial charge in [-0.3, -0.25) is 0 Å². The van der Waals surface area contributed by atoms with Crippen LogP contribution in [0.5, 0.6) is 0 Å². The van der Waals surface area contributed by atoms with Gasteiger partial charge in [0.2, 0.25) is 11.7 Å². The first-order valence-electron chi connectivity index (χ1n) is 7.06. The molecule has 0 unspecified atom stereocenters. The summed E-state index contributed by atoms with van der Waals surface area (Å²) in [5, 5.41) is 4.20. The first-order chi connectivity index (χ1) is 9.98. The zero-order valence-electron chi connectivity index (χ0n) is 11.8. The van der Waals surface area contributed by atoms with Gasteiger partial charge in [-0.25, -0.2) is 4.39 Å². The van der Waals surface area contributed by atoms with Gasteiger partial charge in [0.25, 0.3) is 0 Å². The summed E-state index contributed by atoms with van der Waals surface area (Å²) in [4.78, 5) is 4.38. The highest BCUT2D eigenvalue weighted by atomic mass is 35.5. The van der Waals surface area contributed by atoms with Crippen LogP contribution in [0.4, 0.5) is 4.39 Å². The molecule has 1 saturated carbocycles. The van der Waals surface area contributed by atoms with Crippen LogP contribution in [-0.4, -0.2) is 10.1 Å². The van der Waals surface area contributed by atoms with Crippen molar-refractivity contribution in [3.8, 4) is 11.4 Å². The lowest BCUT2D eigenvalue weighted by Gasteiger charge is -2.32. The van der Waals surface area contributed by atoms with Gasteiger partial charge in [-0.2, -0.15) is 4.98 Å². The second kappa shape index (κ2) is 5.39. The van der Waals surface area contributed by atoms with Crippen molar-refractivity contribution in [1.29, 1.82) is 0 Å². The molecule has 112 valence electrons. The third kappa shape index (κ3) is 2.80. The molecule has 2 N–H and O–H groups in total. The Morgan fingerprint density at radius 1 is 1.38 bits per heavy atom. The highest BCUT2D eigenvalue weighted by Gasteiger charge is 2.37. The van der Waals surface area contributed by atoms with Crippen molar-refractivity contribution in [2.24, 2.45) is 11.7 Å². The zero-order valence-corrected chi connectivity index (χ0v) is 12.5. The molecule has 0 saturated heterocycles. The van der Waals surface area contributed by atoms with E-state index in [1.54, 1.807) is 6.07 Å². The fraction of sp³-hybridized carbons (Fsp3) is 0.467. The number of nitrogens with two attached hydrogens (primary N) is 1. The van der Waals surface area contributed by atoms with Gasteiger partial charge in [0.05, 0.1) is 10.6 Å². The Labute approximate surface area is 127 Å². The van der Waals surface area contributed by atoms with E-state index in [0.29, 0.717) is 23.2 Å². The zero-order chi connectivity index (χ0) is 15.0. The minimum absolute atomic E-state index is 0.255. The summed E-state index contributed by atoms with van der Waals surface area (Å²) in [6, 6.07) is 4.09. The van der Waals surface area contributed by atoms with Crippen LogP contribution in [0, 0.1) is 11.7 Å². The smallest absolute Gasteiger partial charge is 0.247 e. The minimum Gasteiger partial charge on any atom is -0.337 e. The lowest BCUT2D eigenvalue weighted by atomic mass is 9.78. The standard InChI is InChI=1S/C15H17ClFN3O/c1-9-4-6-15(18,7-5-9)14-19-13(20-21-14)11-3-2-10(17)8-12(11)16/h2-3,8-9H,4-7,18H2,1H3. The molecule has 3 rings (SSSR count). The molecule has 21 heavy (non-hydrogen) atoms. The highest BCUT2D eigenvalue weighted by Crippen LogP contribution is 2.37. The average Bonchev–Trinajstić information content (AvgIpc) is 2.92. The van der Waals surface area contributed by atoms with Crippen molar-refractivity contribution in [2.45, 2.75) is 38.1 Å². The molecule has 0 spiro atoms. The number of halogens is 2. The first-order valence-corrected chi connectivity index (χ1v) is 7.44. The summed E-state index contributed by atoms with van der Waals surface area (Å²) in [5.41, 5.74) is 6.38. The van der Waals surface area contributed by atoms with E-state index >= 15 is 0 Å². The van der Waals surface area contributed by atoms with E-state index in [2.05, 4.69) is 17.1 Å². The average molecular weight is 310 g/mol. The van der Waals surface area contributed by atoms with Crippen LogP contribution in [0.15, 0.2) is 22.7 Å². The Morgan fingerprint density at radius 3 is 2.76 bits per heavy atom. The summed E-state index contributed by atoms with van der Waals surface area (Å²) in [5.74, 6) is 1.06. The molecule has 0 radical (unpaired) electrons. The van der Waals surface area contributed by atoms with Crippen LogP contribution in [0.2, 0.25) is 5.02 Å². The number of benzene rings is 1. The third-order valence-corrected chi connectivity index (χ3v) is 4.50. The summed E-state index contributed by atoms with van der Waals surface area (Å²) < 4.78 is 18.4. The SMILES string of the molecule is CC1CCC(N)(c2nc(-c3ccc(F)cc3Cl)no2)CC1. The molecule has 0 aliphatic heterocycles. The quantitative estimate of drug-likeness (QED) is 0.914. The van der Waals surface area contributed by atoms with Gasteiger partial charge in [0, 0.05) is 5.56 Å². The Hall–Kier alpha value is -1.46. The second-order valence-corrected chi connectivity index (χ2v) is 6.29. The van der Waals surface area contributed by atoms with Crippen molar-refractivity contribution in [3.05, 3.63) is 34.9 Å². The lowest BCUT2D eigenvalue weighted by Crippen LogP contribution is -2.40. The van der Waals surface area contributed by atoms with Crippen molar-refractivity contribution in [1.82, 2.24) is 10.1 Å². The fourth-order valence-corrected chi connectivity index (χ4v) is 2.95. The third-order valence-electron chi connectivity index (χ3n) is 4.19. The Balaban J connectivity index is 1.89. The number of rotatable bonds is 2. The van der Waals surface area contributed by atoms with Gasteiger partial charge in [-0.1, -0.05) is 23.7 Å². The van der Waals surface area contributed by atoms with Crippen molar-refractivity contribution < 1.29 is 8.91 Å². The summed E-state index contributed by atoms with van der Waals surface area (Å²) in [6.45, 7) is 2.22. The van der Waals surface area contributed by atoms with Crippen LogP contribution in [0.25, 0.3) is 11.4 Å². The van der Waals surface area contributed by atoms with Crippen molar-refractivity contribution in [3.63, 3.8) is 0 Å². The molecule has 1 fully saturated rings. The molecule has 0 amide bonds. The maximum Gasteiger partial charge on any atom is 0.247 e. The molecule has 0 bridgehead atoms.